The van der Waals surface area contributed by atoms with Crippen LogP contribution in [-0.4, -0.2) is 23.5 Å². The Morgan fingerprint density at radius 1 is 0.966 bits per heavy atom. The van der Waals surface area contributed by atoms with Crippen LogP contribution in [0.2, 0.25) is 0 Å². The van der Waals surface area contributed by atoms with Crippen LogP contribution in [0.15, 0.2) is 66.7 Å². The van der Waals surface area contributed by atoms with Crippen LogP contribution in [0.5, 0.6) is 11.5 Å². The van der Waals surface area contributed by atoms with Gasteiger partial charge in [0.05, 0.1) is 7.11 Å². The standard InChI is InChI=1S/C25H25NO2S/c1-18-7-9-19(10-8-18)17-28-23-12-11-21(15-24(23)27-2)25(29)26-14-13-20-5-3-4-6-22(20)16-26/h3-12,15H,13-14,16-17H2,1-2H3. The Kier molecular flexibility index (Phi) is 5.81. The first-order valence-corrected chi connectivity index (χ1v) is 10.3. The minimum absolute atomic E-state index is 0.503. The summed E-state index contributed by atoms with van der Waals surface area (Å²) in [6, 6.07) is 22.9. The van der Waals surface area contributed by atoms with Crippen molar-refractivity contribution in [2.45, 2.75) is 26.5 Å². The zero-order valence-electron chi connectivity index (χ0n) is 16.9. The highest BCUT2D eigenvalue weighted by molar-refractivity contribution is 7.80. The van der Waals surface area contributed by atoms with Crippen LogP contribution in [0.25, 0.3) is 0 Å². The molecule has 0 fully saturated rings. The Labute approximate surface area is 177 Å². The highest BCUT2D eigenvalue weighted by atomic mass is 32.1. The molecule has 3 nitrogen and oxygen atoms in total. The maximum Gasteiger partial charge on any atom is 0.161 e. The normalized spacial score (nSPS) is 13.0. The van der Waals surface area contributed by atoms with Gasteiger partial charge in [-0.25, -0.2) is 0 Å². The molecule has 1 aliphatic rings. The first-order valence-electron chi connectivity index (χ1n) is 9.86. The van der Waals surface area contributed by atoms with Crippen LogP contribution < -0.4 is 9.47 Å². The van der Waals surface area contributed by atoms with Crippen molar-refractivity contribution in [2.24, 2.45) is 0 Å². The van der Waals surface area contributed by atoms with E-state index >= 15 is 0 Å². The second kappa shape index (κ2) is 8.66. The molecule has 4 heteroatoms. The number of ether oxygens (including phenoxy) is 2. The van der Waals surface area contributed by atoms with Gasteiger partial charge in [-0.2, -0.15) is 0 Å². The number of hydrogen-bond acceptors (Lipinski definition) is 3. The van der Waals surface area contributed by atoms with E-state index in [0.29, 0.717) is 12.4 Å². The van der Waals surface area contributed by atoms with E-state index in [9.17, 15) is 0 Å². The molecule has 0 atom stereocenters. The van der Waals surface area contributed by atoms with Gasteiger partial charge in [-0.1, -0.05) is 66.3 Å². The average molecular weight is 404 g/mol. The van der Waals surface area contributed by atoms with Crippen molar-refractivity contribution in [3.63, 3.8) is 0 Å². The SMILES string of the molecule is COc1cc(C(=S)N2CCc3ccccc3C2)ccc1OCc1ccc(C)cc1. The van der Waals surface area contributed by atoms with Crippen LogP contribution in [0.1, 0.15) is 27.8 Å². The summed E-state index contributed by atoms with van der Waals surface area (Å²) >= 11 is 5.80. The number of methoxy groups -OCH3 is 1. The Morgan fingerprint density at radius 3 is 2.48 bits per heavy atom. The van der Waals surface area contributed by atoms with Gasteiger partial charge in [0.2, 0.25) is 0 Å². The molecule has 0 aliphatic carbocycles. The molecule has 1 heterocycles. The highest BCUT2D eigenvalue weighted by Crippen LogP contribution is 2.30. The molecule has 1 aliphatic heterocycles. The van der Waals surface area contributed by atoms with Gasteiger partial charge in [0.25, 0.3) is 0 Å². The third-order valence-corrected chi connectivity index (χ3v) is 5.84. The van der Waals surface area contributed by atoms with Crippen molar-refractivity contribution >= 4 is 17.2 Å². The zero-order chi connectivity index (χ0) is 20.2. The summed E-state index contributed by atoms with van der Waals surface area (Å²) in [5.74, 6) is 1.43. The molecule has 3 aromatic rings. The van der Waals surface area contributed by atoms with Crippen molar-refractivity contribution < 1.29 is 9.47 Å². The highest BCUT2D eigenvalue weighted by Gasteiger charge is 2.20. The van der Waals surface area contributed by atoms with E-state index in [-0.39, 0.29) is 0 Å². The number of aryl methyl sites for hydroxylation is 1. The molecule has 0 saturated carbocycles. The van der Waals surface area contributed by atoms with E-state index in [1.807, 2.05) is 18.2 Å². The molecule has 0 bridgehead atoms. The Morgan fingerprint density at radius 2 is 1.72 bits per heavy atom. The lowest BCUT2D eigenvalue weighted by Gasteiger charge is -2.31. The quantitative estimate of drug-likeness (QED) is 0.538. The number of hydrogen-bond donors (Lipinski definition) is 0. The van der Waals surface area contributed by atoms with Gasteiger partial charge < -0.3 is 14.4 Å². The lowest BCUT2D eigenvalue weighted by molar-refractivity contribution is 0.284. The van der Waals surface area contributed by atoms with Crippen molar-refractivity contribution in [3.05, 3.63) is 94.5 Å². The zero-order valence-corrected chi connectivity index (χ0v) is 17.7. The van der Waals surface area contributed by atoms with Crippen molar-refractivity contribution in [1.82, 2.24) is 4.90 Å². The van der Waals surface area contributed by atoms with E-state index in [1.54, 1.807) is 7.11 Å². The number of thiocarbonyl (C=S) groups is 1. The maximum absolute atomic E-state index is 6.00. The minimum Gasteiger partial charge on any atom is -0.493 e. The van der Waals surface area contributed by atoms with E-state index in [4.69, 9.17) is 21.7 Å². The summed E-state index contributed by atoms with van der Waals surface area (Å²) < 4.78 is 11.6. The van der Waals surface area contributed by atoms with Gasteiger partial charge in [0, 0.05) is 18.7 Å². The molecule has 0 aromatic heterocycles. The van der Waals surface area contributed by atoms with Crippen molar-refractivity contribution in [3.8, 4) is 11.5 Å². The van der Waals surface area contributed by atoms with E-state index in [0.717, 1.165) is 41.4 Å². The molecule has 0 spiro atoms. The van der Waals surface area contributed by atoms with E-state index in [1.165, 1.54) is 16.7 Å². The first kappa shape index (κ1) is 19.5. The summed E-state index contributed by atoms with van der Waals surface area (Å²) in [4.78, 5) is 3.11. The summed E-state index contributed by atoms with van der Waals surface area (Å²) in [6.45, 7) is 4.37. The minimum atomic E-state index is 0.503. The Bertz CT molecular complexity index is 1010. The number of nitrogens with zero attached hydrogens (tertiary/aromatic N) is 1. The van der Waals surface area contributed by atoms with Gasteiger partial charge >= 0.3 is 0 Å². The van der Waals surface area contributed by atoms with Gasteiger partial charge in [0.1, 0.15) is 11.6 Å². The fraction of sp³-hybridized carbons (Fsp3) is 0.240. The number of rotatable bonds is 5. The van der Waals surface area contributed by atoms with Gasteiger partial charge in [-0.3, -0.25) is 0 Å². The van der Waals surface area contributed by atoms with Gasteiger partial charge in [-0.15, -0.1) is 0 Å². The topological polar surface area (TPSA) is 21.7 Å². The lowest BCUT2D eigenvalue weighted by atomic mass is 9.99. The number of fused-ring (bicyclic) bond motifs is 1. The van der Waals surface area contributed by atoms with Crippen LogP contribution in [0.4, 0.5) is 0 Å². The second-order valence-corrected chi connectivity index (χ2v) is 7.77. The second-order valence-electron chi connectivity index (χ2n) is 7.39. The maximum atomic E-state index is 6.00. The predicted molar refractivity (Wildman–Crippen MR) is 121 cm³/mol. The largest absolute Gasteiger partial charge is 0.493 e. The van der Waals surface area contributed by atoms with E-state index < -0.39 is 0 Å². The molecule has 0 radical (unpaired) electrons. The average Bonchev–Trinajstić information content (AvgIpc) is 2.77. The molecule has 0 unspecified atom stereocenters. The molecular weight excluding hydrogens is 378 g/mol. The predicted octanol–water partition coefficient (Wildman–Crippen LogP) is 5.32. The Hall–Kier alpha value is -2.85. The molecule has 148 valence electrons. The third kappa shape index (κ3) is 4.43. The molecule has 29 heavy (non-hydrogen) atoms. The molecule has 0 amide bonds. The lowest BCUT2D eigenvalue weighted by Crippen LogP contribution is -2.35. The van der Waals surface area contributed by atoms with Crippen molar-refractivity contribution in [1.29, 1.82) is 0 Å². The molecule has 0 saturated heterocycles. The van der Waals surface area contributed by atoms with Crippen LogP contribution in [-0.2, 0) is 19.6 Å². The van der Waals surface area contributed by atoms with Gasteiger partial charge in [-0.05, 0) is 48.2 Å². The first-order chi connectivity index (χ1) is 14.1. The monoisotopic (exact) mass is 403 g/mol. The Balaban J connectivity index is 1.47. The summed E-state index contributed by atoms with van der Waals surface area (Å²) in [5, 5.41) is 0. The molecule has 3 aromatic carbocycles. The van der Waals surface area contributed by atoms with Gasteiger partial charge in [0.15, 0.2) is 11.5 Å². The van der Waals surface area contributed by atoms with E-state index in [2.05, 4.69) is 60.4 Å². The van der Waals surface area contributed by atoms with Crippen LogP contribution >= 0.6 is 12.2 Å². The molecular formula is C25H25NO2S. The molecule has 0 N–H and O–H groups in total. The summed E-state index contributed by atoms with van der Waals surface area (Å²) in [5.41, 5.74) is 6.13. The summed E-state index contributed by atoms with van der Waals surface area (Å²) in [7, 11) is 1.66. The van der Waals surface area contributed by atoms with Crippen molar-refractivity contribution in [2.75, 3.05) is 13.7 Å². The fourth-order valence-electron chi connectivity index (χ4n) is 3.62. The smallest absolute Gasteiger partial charge is 0.161 e. The summed E-state index contributed by atoms with van der Waals surface area (Å²) in [6.07, 6.45) is 1.02. The fourth-order valence-corrected chi connectivity index (χ4v) is 3.90. The molecule has 4 rings (SSSR count). The third-order valence-electron chi connectivity index (χ3n) is 5.34. The number of benzene rings is 3. The van der Waals surface area contributed by atoms with Crippen LogP contribution in [0.3, 0.4) is 0 Å². The van der Waals surface area contributed by atoms with Crippen LogP contribution in [0, 0.1) is 6.92 Å².